The highest BCUT2D eigenvalue weighted by atomic mass is 35.5. The molecule has 4 rings (SSSR count). The van der Waals surface area contributed by atoms with E-state index >= 15 is 0 Å². The zero-order valence-corrected chi connectivity index (χ0v) is 19.2. The number of carbonyl (C=O) groups excluding carboxylic acids is 1. The van der Waals surface area contributed by atoms with Gasteiger partial charge >= 0.3 is 0 Å². The molecule has 0 aliphatic carbocycles. The number of amides is 1. The molecule has 0 spiro atoms. The Hall–Kier alpha value is -3.10. The Morgan fingerprint density at radius 3 is 2.41 bits per heavy atom. The Bertz CT molecular complexity index is 1150. The Labute approximate surface area is 192 Å². The highest BCUT2D eigenvalue weighted by Crippen LogP contribution is 2.18. The van der Waals surface area contributed by atoms with Crippen LogP contribution >= 0.6 is 11.6 Å². The van der Waals surface area contributed by atoms with Gasteiger partial charge in [-0.25, -0.2) is 9.67 Å². The number of nitrogens with one attached hydrogen (secondary N) is 1. The minimum atomic E-state index is -0.362. The van der Waals surface area contributed by atoms with Gasteiger partial charge < -0.3 is 10.2 Å². The van der Waals surface area contributed by atoms with Gasteiger partial charge in [-0.2, -0.15) is 0 Å². The van der Waals surface area contributed by atoms with Crippen LogP contribution in [0, 0.1) is 6.92 Å². The summed E-state index contributed by atoms with van der Waals surface area (Å²) in [5.74, 6) is 0.696. The second-order valence-corrected chi connectivity index (χ2v) is 8.40. The molecule has 3 heterocycles. The highest BCUT2D eigenvalue weighted by Gasteiger charge is 2.28. The van der Waals surface area contributed by atoms with Crippen molar-refractivity contribution in [2.24, 2.45) is 7.05 Å². The van der Waals surface area contributed by atoms with Crippen molar-refractivity contribution in [2.45, 2.75) is 19.9 Å². The van der Waals surface area contributed by atoms with Crippen molar-refractivity contribution in [3.05, 3.63) is 69.7 Å². The molecular formula is C23H27ClN6O2. The van der Waals surface area contributed by atoms with E-state index in [0.29, 0.717) is 16.4 Å². The molecule has 1 fully saturated rings. The minimum absolute atomic E-state index is 0.186. The van der Waals surface area contributed by atoms with E-state index in [9.17, 15) is 9.59 Å². The summed E-state index contributed by atoms with van der Waals surface area (Å²) in [6.07, 6.45) is 1.64. The molecule has 1 aliphatic rings. The van der Waals surface area contributed by atoms with Crippen LogP contribution in [0.5, 0.6) is 0 Å². The average molecular weight is 455 g/mol. The quantitative estimate of drug-likeness (QED) is 0.641. The fourth-order valence-electron chi connectivity index (χ4n) is 4.00. The number of anilines is 2. The number of benzene rings is 1. The first-order valence-electron chi connectivity index (χ1n) is 10.6. The maximum absolute atomic E-state index is 13.1. The lowest BCUT2D eigenvalue weighted by Crippen LogP contribution is -2.53. The van der Waals surface area contributed by atoms with E-state index in [2.05, 4.69) is 20.1 Å². The summed E-state index contributed by atoms with van der Waals surface area (Å²) in [7, 11) is 1.81. The summed E-state index contributed by atoms with van der Waals surface area (Å²) in [5, 5.41) is 3.49. The van der Waals surface area contributed by atoms with Crippen LogP contribution in [0.1, 0.15) is 12.6 Å². The van der Waals surface area contributed by atoms with Gasteiger partial charge in [0.05, 0.1) is 22.4 Å². The Morgan fingerprint density at radius 2 is 1.78 bits per heavy atom. The van der Waals surface area contributed by atoms with E-state index in [4.69, 9.17) is 11.6 Å². The van der Waals surface area contributed by atoms with Gasteiger partial charge in [-0.3, -0.25) is 19.2 Å². The fourth-order valence-corrected chi connectivity index (χ4v) is 4.11. The van der Waals surface area contributed by atoms with Crippen molar-refractivity contribution >= 4 is 29.0 Å². The normalized spacial score (nSPS) is 15.6. The predicted molar refractivity (Wildman–Crippen MR) is 127 cm³/mol. The second kappa shape index (κ2) is 9.18. The van der Waals surface area contributed by atoms with Gasteiger partial charge in [0.25, 0.3) is 5.56 Å². The lowest BCUT2D eigenvalue weighted by molar-refractivity contribution is -0.120. The fraction of sp³-hybridized carbons (Fsp3) is 0.348. The maximum Gasteiger partial charge on any atom is 0.295 e. The number of aromatic nitrogens is 3. The van der Waals surface area contributed by atoms with Gasteiger partial charge in [-0.15, -0.1) is 0 Å². The first-order valence-corrected chi connectivity index (χ1v) is 11.0. The Balaban J connectivity index is 1.44. The molecule has 168 valence electrons. The Morgan fingerprint density at radius 1 is 1.09 bits per heavy atom. The molecule has 1 aromatic carbocycles. The molecule has 0 saturated carbocycles. The highest BCUT2D eigenvalue weighted by molar-refractivity contribution is 6.30. The van der Waals surface area contributed by atoms with E-state index in [-0.39, 0.29) is 17.5 Å². The van der Waals surface area contributed by atoms with Crippen LogP contribution in [0.25, 0.3) is 5.69 Å². The van der Waals surface area contributed by atoms with Gasteiger partial charge in [0.2, 0.25) is 5.91 Å². The smallest absolute Gasteiger partial charge is 0.295 e. The van der Waals surface area contributed by atoms with E-state index in [1.54, 1.807) is 15.6 Å². The SMILES string of the molecule is Cc1c(NC(=O)C(C)N2CCN(c3ccc(Cl)cn3)CC2)c(=O)n(-c2ccccc2)n1C. The first kappa shape index (κ1) is 22.1. The van der Waals surface area contributed by atoms with Gasteiger partial charge in [-0.05, 0) is 38.1 Å². The molecule has 1 atom stereocenters. The molecule has 32 heavy (non-hydrogen) atoms. The molecule has 2 aromatic heterocycles. The summed E-state index contributed by atoms with van der Waals surface area (Å²) in [6, 6.07) is 12.8. The number of nitrogens with zero attached hydrogens (tertiary/aromatic N) is 5. The van der Waals surface area contributed by atoms with Crippen LogP contribution in [-0.4, -0.2) is 57.4 Å². The van der Waals surface area contributed by atoms with Crippen molar-refractivity contribution in [3.63, 3.8) is 0 Å². The third kappa shape index (κ3) is 4.28. The van der Waals surface area contributed by atoms with E-state index < -0.39 is 0 Å². The zero-order valence-electron chi connectivity index (χ0n) is 18.5. The van der Waals surface area contributed by atoms with E-state index in [1.807, 2.05) is 63.4 Å². The third-order valence-corrected chi connectivity index (χ3v) is 6.30. The van der Waals surface area contributed by atoms with Crippen LogP contribution in [-0.2, 0) is 11.8 Å². The standard InChI is InChI=1S/C23H27ClN6O2/c1-16-21(23(32)30(27(16)3)19-7-5-4-6-8-19)26-22(31)17(2)28-11-13-29(14-12-28)20-10-9-18(24)15-25-20/h4-10,15,17H,11-14H2,1-3H3,(H,26,31). The molecule has 1 unspecified atom stereocenters. The van der Waals surface area contributed by atoms with Crippen molar-refractivity contribution in [1.29, 1.82) is 0 Å². The number of para-hydroxylation sites is 1. The zero-order chi connectivity index (χ0) is 22.8. The summed E-state index contributed by atoms with van der Waals surface area (Å²) < 4.78 is 3.32. The van der Waals surface area contributed by atoms with Crippen LogP contribution in [0.2, 0.25) is 5.02 Å². The van der Waals surface area contributed by atoms with Crippen LogP contribution in [0.15, 0.2) is 53.5 Å². The van der Waals surface area contributed by atoms with Crippen LogP contribution < -0.4 is 15.8 Å². The molecule has 1 amide bonds. The predicted octanol–water partition coefficient (Wildman–Crippen LogP) is 2.68. The molecule has 0 radical (unpaired) electrons. The van der Waals surface area contributed by atoms with Crippen molar-refractivity contribution in [3.8, 4) is 5.69 Å². The summed E-state index contributed by atoms with van der Waals surface area (Å²) in [4.78, 5) is 34.7. The topological polar surface area (TPSA) is 75.4 Å². The number of hydrogen-bond acceptors (Lipinski definition) is 5. The van der Waals surface area contributed by atoms with Gasteiger partial charge in [0, 0.05) is 39.4 Å². The van der Waals surface area contributed by atoms with Crippen molar-refractivity contribution in [2.75, 3.05) is 36.4 Å². The molecule has 3 aromatic rings. The van der Waals surface area contributed by atoms with Crippen LogP contribution in [0.4, 0.5) is 11.5 Å². The molecule has 1 aliphatic heterocycles. The van der Waals surface area contributed by atoms with Gasteiger partial charge in [-0.1, -0.05) is 29.8 Å². The van der Waals surface area contributed by atoms with E-state index in [1.165, 1.54) is 0 Å². The number of piperazine rings is 1. The van der Waals surface area contributed by atoms with E-state index in [0.717, 1.165) is 37.7 Å². The molecule has 0 bridgehead atoms. The Kier molecular flexibility index (Phi) is 6.34. The van der Waals surface area contributed by atoms with Gasteiger partial charge in [0.15, 0.2) is 0 Å². The van der Waals surface area contributed by atoms with Crippen molar-refractivity contribution in [1.82, 2.24) is 19.2 Å². The number of rotatable bonds is 5. The third-order valence-electron chi connectivity index (χ3n) is 6.08. The first-order chi connectivity index (χ1) is 15.4. The van der Waals surface area contributed by atoms with Crippen LogP contribution in [0.3, 0.4) is 0 Å². The molecular weight excluding hydrogens is 428 g/mol. The summed E-state index contributed by atoms with van der Waals surface area (Å²) in [6.45, 7) is 6.68. The number of pyridine rings is 1. The second-order valence-electron chi connectivity index (χ2n) is 7.96. The molecule has 8 nitrogen and oxygen atoms in total. The number of hydrogen-bond donors (Lipinski definition) is 1. The maximum atomic E-state index is 13.1. The molecule has 1 N–H and O–H groups in total. The largest absolute Gasteiger partial charge is 0.354 e. The molecule has 9 heteroatoms. The van der Waals surface area contributed by atoms with Gasteiger partial charge in [0.1, 0.15) is 11.5 Å². The average Bonchev–Trinajstić information content (AvgIpc) is 3.02. The summed E-state index contributed by atoms with van der Waals surface area (Å²) >= 11 is 5.93. The number of halogens is 1. The number of carbonyl (C=O) groups is 1. The lowest BCUT2D eigenvalue weighted by Gasteiger charge is -2.37. The lowest BCUT2D eigenvalue weighted by atomic mass is 10.2. The monoisotopic (exact) mass is 454 g/mol. The van der Waals surface area contributed by atoms with Crippen molar-refractivity contribution < 1.29 is 4.79 Å². The summed E-state index contributed by atoms with van der Waals surface area (Å²) in [5.41, 5.74) is 1.54. The minimum Gasteiger partial charge on any atom is -0.354 e. The molecule has 1 saturated heterocycles.